The van der Waals surface area contributed by atoms with Crippen LogP contribution in [-0.2, 0) is 0 Å². The average molecular weight is 310 g/mol. The van der Waals surface area contributed by atoms with Gasteiger partial charge in [-0.25, -0.2) is 0 Å². The number of aliphatic hydroxyl groups is 1. The minimum Gasteiger partial charge on any atom is -0.393 e. The molecule has 1 aliphatic rings. The van der Waals surface area contributed by atoms with E-state index < -0.39 is 0 Å². The van der Waals surface area contributed by atoms with E-state index in [-0.39, 0.29) is 24.0 Å². The first-order chi connectivity index (χ1) is 11.0. The minimum atomic E-state index is -0.260. The van der Waals surface area contributed by atoms with Crippen LogP contribution in [-0.4, -0.2) is 22.1 Å². The van der Waals surface area contributed by atoms with E-state index in [1.807, 2.05) is 50.2 Å². The minimum absolute atomic E-state index is 0.0925. The fourth-order valence-electron chi connectivity index (χ4n) is 3.00. The first-order valence-electron chi connectivity index (χ1n) is 8.01. The third-order valence-electron chi connectivity index (χ3n) is 4.68. The van der Waals surface area contributed by atoms with Crippen LogP contribution < -0.4 is 5.32 Å². The van der Waals surface area contributed by atoms with E-state index in [2.05, 4.69) is 10.3 Å². The molecule has 1 aromatic carbocycles. The summed E-state index contributed by atoms with van der Waals surface area (Å²) in [5.41, 5.74) is 3.78. The number of pyridine rings is 1. The van der Waals surface area contributed by atoms with Gasteiger partial charge in [0.05, 0.1) is 17.8 Å². The summed E-state index contributed by atoms with van der Waals surface area (Å²) in [5, 5.41) is 12.7. The van der Waals surface area contributed by atoms with Gasteiger partial charge in [-0.05, 0) is 68.0 Å². The summed E-state index contributed by atoms with van der Waals surface area (Å²) in [7, 11) is 0. The van der Waals surface area contributed by atoms with E-state index in [0.29, 0.717) is 18.4 Å². The molecule has 2 aromatic rings. The third kappa shape index (κ3) is 3.42. The molecule has 23 heavy (non-hydrogen) atoms. The van der Waals surface area contributed by atoms with Crippen LogP contribution in [0.2, 0.25) is 0 Å². The second-order valence-electron chi connectivity index (χ2n) is 6.39. The number of nitrogens with zero attached hydrogens (tertiary/aromatic N) is 1. The van der Waals surface area contributed by atoms with Crippen molar-refractivity contribution in [3.63, 3.8) is 0 Å². The average Bonchev–Trinajstić information content (AvgIpc) is 2.53. The number of amides is 1. The molecule has 4 nitrogen and oxygen atoms in total. The molecule has 1 saturated carbocycles. The molecule has 4 heteroatoms. The van der Waals surface area contributed by atoms with E-state index in [0.717, 1.165) is 11.3 Å². The lowest BCUT2D eigenvalue weighted by Crippen LogP contribution is -2.41. The molecule has 1 fully saturated rings. The Labute approximate surface area is 136 Å². The van der Waals surface area contributed by atoms with E-state index in [9.17, 15) is 9.90 Å². The zero-order chi connectivity index (χ0) is 16.4. The molecule has 0 bridgehead atoms. The van der Waals surface area contributed by atoms with Gasteiger partial charge >= 0.3 is 0 Å². The zero-order valence-corrected chi connectivity index (χ0v) is 13.5. The fourth-order valence-corrected chi connectivity index (χ4v) is 3.00. The van der Waals surface area contributed by atoms with Crippen molar-refractivity contribution < 1.29 is 9.90 Å². The lowest BCUT2D eigenvalue weighted by Gasteiger charge is -2.37. The predicted molar refractivity (Wildman–Crippen MR) is 89.1 cm³/mol. The molecular weight excluding hydrogens is 288 g/mol. The summed E-state index contributed by atoms with van der Waals surface area (Å²) in [6, 6.07) is 11.3. The van der Waals surface area contributed by atoms with Gasteiger partial charge in [0.1, 0.15) is 0 Å². The fraction of sp³-hybridized carbons (Fsp3) is 0.368. The SMILES string of the molecule is Cc1ccc(C(=O)N[C@@H](c2ccccn2)C2CC(O)C2)cc1C. The molecule has 0 spiro atoms. The highest BCUT2D eigenvalue weighted by atomic mass is 16.3. The van der Waals surface area contributed by atoms with Crippen molar-refractivity contribution in [1.29, 1.82) is 0 Å². The van der Waals surface area contributed by atoms with Crippen molar-refractivity contribution in [3.8, 4) is 0 Å². The lowest BCUT2D eigenvalue weighted by molar-refractivity contribution is 0.0228. The van der Waals surface area contributed by atoms with Crippen LogP contribution in [0.3, 0.4) is 0 Å². The van der Waals surface area contributed by atoms with Crippen molar-refractivity contribution in [1.82, 2.24) is 10.3 Å². The highest BCUT2D eigenvalue weighted by Gasteiger charge is 2.36. The highest BCUT2D eigenvalue weighted by molar-refractivity contribution is 5.94. The number of hydrogen-bond acceptors (Lipinski definition) is 3. The van der Waals surface area contributed by atoms with Crippen LogP contribution >= 0.6 is 0 Å². The van der Waals surface area contributed by atoms with Gasteiger partial charge in [0.25, 0.3) is 5.91 Å². The van der Waals surface area contributed by atoms with E-state index in [1.165, 1.54) is 5.56 Å². The van der Waals surface area contributed by atoms with Crippen molar-refractivity contribution >= 4 is 5.91 Å². The molecular formula is C19H22N2O2. The van der Waals surface area contributed by atoms with Crippen LogP contribution in [0, 0.1) is 19.8 Å². The number of benzene rings is 1. The number of aryl methyl sites for hydroxylation is 2. The molecule has 120 valence electrons. The maximum atomic E-state index is 12.6. The van der Waals surface area contributed by atoms with Gasteiger partial charge in [0.2, 0.25) is 0 Å². The van der Waals surface area contributed by atoms with Crippen molar-refractivity contribution in [3.05, 3.63) is 65.0 Å². The normalized spacial score (nSPS) is 21.3. The van der Waals surface area contributed by atoms with Crippen LogP contribution in [0.5, 0.6) is 0 Å². The lowest BCUT2D eigenvalue weighted by atomic mass is 9.76. The summed E-state index contributed by atoms with van der Waals surface area (Å²) >= 11 is 0. The van der Waals surface area contributed by atoms with Crippen LogP contribution in [0.1, 0.15) is 46.1 Å². The van der Waals surface area contributed by atoms with E-state index >= 15 is 0 Å². The number of aromatic nitrogens is 1. The molecule has 2 N–H and O–H groups in total. The Bertz CT molecular complexity index is 694. The Kier molecular flexibility index (Phi) is 4.44. The zero-order valence-electron chi connectivity index (χ0n) is 13.5. The molecule has 0 radical (unpaired) electrons. The molecule has 1 amide bonds. The molecule has 1 aromatic heterocycles. The second-order valence-corrected chi connectivity index (χ2v) is 6.39. The Morgan fingerprint density at radius 3 is 2.61 bits per heavy atom. The topological polar surface area (TPSA) is 62.2 Å². The van der Waals surface area contributed by atoms with Crippen molar-refractivity contribution in [2.75, 3.05) is 0 Å². The van der Waals surface area contributed by atoms with E-state index in [1.54, 1.807) is 6.20 Å². The van der Waals surface area contributed by atoms with Gasteiger partial charge < -0.3 is 10.4 Å². The van der Waals surface area contributed by atoms with Gasteiger partial charge in [0.15, 0.2) is 0 Å². The smallest absolute Gasteiger partial charge is 0.251 e. The number of carbonyl (C=O) groups excluding carboxylic acids is 1. The Hall–Kier alpha value is -2.20. The quantitative estimate of drug-likeness (QED) is 0.912. The third-order valence-corrected chi connectivity index (χ3v) is 4.68. The Balaban J connectivity index is 1.80. The monoisotopic (exact) mass is 310 g/mol. The molecule has 0 unspecified atom stereocenters. The predicted octanol–water partition coefficient (Wildman–Crippen LogP) is 2.94. The second kappa shape index (κ2) is 6.50. The summed E-state index contributed by atoms with van der Waals surface area (Å²) in [4.78, 5) is 17.0. The van der Waals surface area contributed by atoms with Crippen molar-refractivity contribution in [2.24, 2.45) is 5.92 Å². The largest absolute Gasteiger partial charge is 0.393 e. The van der Waals surface area contributed by atoms with Gasteiger partial charge in [-0.3, -0.25) is 9.78 Å². The summed E-state index contributed by atoms with van der Waals surface area (Å²) in [6.07, 6.45) is 2.88. The van der Waals surface area contributed by atoms with Gasteiger partial charge in [-0.15, -0.1) is 0 Å². The number of rotatable bonds is 4. The number of aliphatic hydroxyl groups excluding tert-OH is 1. The van der Waals surface area contributed by atoms with Crippen LogP contribution in [0.25, 0.3) is 0 Å². The van der Waals surface area contributed by atoms with Crippen LogP contribution in [0.4, 0.5) is 0 Å². The number of nitrogens with one attached hydrogen (secondary N) is 1. The molecule has 1 atom stereocenters. The Morgan fingerprint density at radius 2 is 2.00 bits per heavy atom. The maximum Gasteiger partial charge on any atom is 0.251 e. The first kappa shape index (κ1) is 15.7. The number of hydrogen-bond donors (Lipinski definition) is 2. The molecule has 0 saturated heterocycles. The first-order valence-corrected chi connectivity index (χ1v) is 8.01. The number of carbonyl (C=O) groups is 1. The summed E-state index contributed by atoms with van der Waals surface area (Å²) < 4.78 is 0. The Morgan fingerprint density at radius 1 is 1.22 bits per heavy atom. The standard InChI is InChI=1S/C19H22N2O2/c1-12-6-7-14(9-13(12)2)19(23)21-18(15-10-16(22)11-15)17-5-3-4-8-20-17/h3-9,15-16,18,22H,10-11H2,1-2H3,(H,21,23)/t15?,16?,18-/m1/s1. The molecule has 1 aliphatic carbocycles. The van der Waals surface area contributed by atoms with Gasteiger partial charge in [-0.2, -0.15) is 0 Å². The van der Waals surface area contributed by atoms with E-state index in [4.69, 9.17) is 0 Å². The molecule has 0 aliphatic heterocycles. The molecule has 3 rings (SSSR count). The summed E-state index contributed by atoms with van der Waals surface area (Å²) in [5.74, 6) is 0.139. The van der Waals surface area contributed by atoms with Crippen molar-refractivity contribution in [2.45, 2.75) is 38.8 Å². The highest BCUT2D eigenvalue weighted by Crippen LogP contribution is 2.37. The maximum absolute atomic E-state index is 12.6. The summed E-state index contributed by atoms with van der Waals surface area (Å²) in [6.45, 7) is 4.04. The molecule has 1 heterocycles. The van der Waals surface area contributed by atoms with Gasteiger partial charge in [-0.1, -0.05) is 12.1 Å². The van der Waals surface area contributed by atoms with Gasteiger partial charge in [0, 0.05) is 11.8 Å². The van der Waals surface area contributed by atoms with Crippen LogP contribution in [0.15, 0.2) is 42.6 Å².